The molecule has 110 valence electrons. The number of carbonyl (C=O) groups is 1. The molecule has 2 fully saturated rings. The minimum atomic E-state index is 0.0307. The Morgan fingerprint density at radius 1 is 1.32 bits per heavy atom. The Hall–Kier alpha value is -0.650. The normalized spacial score (nSPS) is 24.5. The van der Waals surface area contributed by atoms with E-state index < -0.39 is 0 Å². The van der Waals surface area contributed by atoms with Crippen LogP contribution >= 0.6 is 0 Å². The Morgan fingerprint density at radius 3 is 2.89 bits per heavy atom. The van der Waals surface area contributed by atoms with Crippen molar-refractivity contribution in [1.82, 2.24) is 10.6 Å². The second-order valence-corrected chi connectivity index (χ2v) is 5.42. The molecule has 5 nitrogen and oxygen atoms in total. The Morgan fingerprint density at radius 2 is 2.16 bits per heavy atom. The van der Waals surface area contributed by atoms with E-state index in [1.807, 2.05) is 0 Å². The first-order valence-corrected chi connectivity index (χ1v) is 7.53. The van der Waals surface area contributed by atoms with E-state index >= 15 is 0 Å². The zero-order valence-electron chi connectivity index (χ0n) is 11.7. The van der Waals surface area contributed by atoms with E-state index in [1.54, 1.807) is 0 Å². The molecule has 0 aliphatic carbocycles. The smallest absolute Gasteiger partial charge is 0.237 e. The lowest BCUT2D eigenvalue weighted by Gasteiger charge is -2.21. The number of hydrogen-bond acceptors (Lipinski definition) is 4. The van der Waals surface area contributed by atoms with Gasteiger partial charge in [-0.3, -0.25) is 4.79 Å². The molecule has 0 saturated carbocycles. The van der Waals surface area contributed by atoms with Crippen LogP contribution in [0.25, 0.3) is 0 Å². The fourth-order valence-electron chi connectivity index (χ4n) is 2.58. The number of ether oxygens (including phenoxy) is 2. The molecule has 0 aromatic heterocycles. The molecule has 1 atom stereocenters. The summed E-state index contributed by atoms with van der Waals surface area (Å²) in [5.41, 5.74) is 0. The SMILES string of the molecule is O=C(NCCCOCC1CCOCC1)C1CCCN1. The molecular formula is C14H26N2O3. The highest BCUT2D eigenvalue weighted by molar-refractivity contribution is 5.81. The van der Waals surface area contributed by atoms with Gasteiger partial charge in [-0.2, -0.15) is 0 Å². The van der Waals surface area contributed by atoms with Crippen LogP contribution in [0.4, 0.5) is 0 Å². The van der Waals surface area contributed by atoms with Crippen LogP contribution < -0.4 is 10.6 Å². The Bertz CT molecular complexity index is 261. The maximum absolute atomic E-state index is 11.7. The molecule has 0 aromatic rings. The quantitative estimate of drug-likeness (QED) is 0.668. The predicted octanol–water partition coefficient (Wildman–Crippen LogP) is 0.688. The number of hydrogen-bond donors (Lipinski definition) is 2. The Kier molecular flexibility index (Phi) is 6.61. The van der Waals surface area contributed by atoms with Gasteiger partial charge < -0.3 is 20.1 Å². The molecule has 0 spiro atoms. The Labute approximate surface area is 115 Å². The van der Waals surface area contributed by atoms with Gasteiger partial charge in [0.15, 0.2) is 0 Å². The van der Waals surface area contributed by atoms with Crippen molar-refractivity contribution in [2.45, 2.75) is 38.1 Å². The van der Waals surface area contributed by atoms with E-state index in [-0.39, 0.29) is 11.9 Å². The highest BCUT2D eigenvalue weighted by Gasteiger charge is 2.21. The summed E-state index contributed by atoms with van der Waals surface area (Å²) in [4.78, 5) is 11.7. The lowest BCUT2D eigenvalue weighted by molar-refractivity contribution is -0.122. The molecule has 2 saturated heterocycles. The van der Waals surface area contributed by atoms with Crippen LogP contribution in [-0.2, 0) is 14.3 Å². The van der Waals surface area contributed by atoms with Gasteiger partial charge in [-0.15, -0.1) is 0 Å². The maximum Gasteiger partial charge on any atom is 0.237 e. The van der Waals surface area contributed by atoms with E-state index in [0.29, 0.717) is 12.5 Å². The largest absolute Gasteiger partial charge is 0.381 e. The highest BCUT2D eigenvalue weighted by atomic mass is 16.5. The molecule has 1 unspecified atom stereocenters. The maximum atomic E-state index is 11.7. The van der Waals surface area contributed by atoms with Gasteiger partial charge in [0, 0.05) is 33.0 Å². The minimum Gasteiger partial charge on any atom is -0.381 e. The summed E-state index contributed by atoms with van der Waals surface area (Å²) in [7, 11) is 0. The van der Waals surface area contributed by atoms with Gasteiger partial charge in [0.1, 0.15) is 0 Å². The van der Waals surface area contributed by atoms with E-state index in [2.05, 4.69) is 10.6 Å². The topological polar surface area (TPSA) is 59.6 Å². The highest BCUT2D eigenvalue weighted by Crippen LogP contribution is 2.14. The first kappa shape index (κ1) is 14.8. The summed E-state index contributed by atoms with van der Waals surface area (Å²) < 4.78 is 11.0. The van der Waals surface area contributed by atoms with E-state index in [9.17, 15) is 4.79 Å². The molecule has 0 radical (unpaired) electrons. The van der Waals surface area contributed by atoms with Gasteiger partial charge in [-0.1, -0.05) is 0 Å². The van der Waals surface area contributed by atoms with Crippen molar-refractivity contribution in [2.75, 3.05) is 39.5 Å². The third kappa shape index (κ3) is 5.47. The average Bonchev–Trinajstić information content (AvgIpc) is 2.98. The van der Waals surface area contributed by atoms with Gasteiger partial charge >= 0.3 is 0 Å². The number of nitrogens with one attached hydrogen (secondary N) is 2. The monoisotopic (exact) mass is 270 g/mol. The molecular weight excluding hydrogens is 244 g/mol. The van der Waals surface area contributed by atoms with Gasteiger partial charge in [0.25, 0.3) is 0 Å². The Balaban J connectivity index is 1.42. The van der Waals surface area contributed by atoms with Crippen LogP contribution in [0.5, 0.6) is 0 Å². The summed E-state index contributed by atoms with van der Waals surface area (Å²) in [6, 6.07) is 0.0307. The average molecular weight is 270 g/mol. The zero-order valence-corrected chi connectivity index (χ0v) is 11.7. The lowest BCUT2D eigenvalue weighted by Crippen LogP contribution is -2.40. The molecule has 1 amide bonds. The van der Waals surface area contributed by atoms with Crippen molar-refractivity contribution in [3.63, 3.8) is 0 Å². The molecule has 5 heteroatoms. The lowest BCUT2D eigenvalue weighted by atomic mass is 10.0. The van der Waals surface area contributed by atoms with Gasteiger partial charge in [0.2, 0.25) is 5.91 Å². The third-order valence-electron chi connectivity index (χ3n) is 3.84. The van der Waals surface area contributed by atoms with Gasteiger partial charge in [-0.05, 0) is 44.6 Å². The van der Waals surface area contributed by atoms with Crippen molar-refractivity contribution >= 4 is 5.91 Å². The summed E-state index contributed by atoms with van der Waals surface area (Å²) in [6.07, 6.45) is 5.19. The number of amides is 1. The molecule has 0 aromatic carbocycles. The van der Waals surface area contributed by atoms with Crippen LogP contribution in [0, 0.1) is 5.92 Å². The van der Waals surface area contributed by atoms with Crippen LogP contribution in [0.15, 0.2) is 0 Å². The molecule has 2 N–H and O–H groups in total. The summed E-state index contributed by atoms with van der Waals surface area (Å²) in [5, 5.41) is 6.16. The molecule has 19 heavy (non-hydrogen) atoms. The molecule has 2 rings (SSSR count). The standard InChI is InChI=1S/C14H26N2O3/c17-14(13-3-1-6-15-13)16-7-2-8-19-11-12-4-9-18-10-5-12/h12-13,15H,1-11H2,(H,16,17). The van der Waals surface area contributed by atoms with E-state index in [1.165, 1.54) is 0 Å². The van der Waals surface area contributed by atoms with Crippen LogP contribution in [-0.4, -0.2) is 51.5 Å². The van der Waals surface area contributed by atoms with Crippen LogP contribution in [0.2, 0.25) is 0 Å². The minimum absolute atomic E-state index is 0.0307. The van der Waals surface area contributed by atoms with Crippen molar-refractivity contribution in [2.24, 2.45) is 5.92 Å². The number of carbonyl (C=O) groups excluding carboxylic acids is 1. The van der Waals surface area contributed by atoms with Crippen molar-refractivity contribution in [1.29, 1.82) is 0 Å². The summed E-state index contributed by atoms with van der Waals surface area (Å²) in [6.45, 7) is 4.99. The fraction of sp³-hybridized carbons (Fsp3) is 0.929. The first-order chi connectivity index (χ1) is 9.36. The fourth-order valence-corrected chi connectivity index (χ4v) is 2.58. The van der Waals surface area contributed by atoms with Gasteiger partial charge in [0.05, 0.1) is 6.04 Å². The van der Waals surface area contributed by atoms with Crippen molar-refractivity contribution in [3.8, 4) is 0 Å². The van der Waals surface area contributed by atoms with E-state index in [0.717, 1.165) is 65.1 Å². The second-order valence-electron chi connectivity index (χ2n) is 5.42. The predicted molar refractivity (Wildman–Crippen MR) is 73.0 cm³/mol. The molecule has 2 heterocycles. The molecule has 2 aliphatic heterocycles. The third-order valence-corrected chi connectivity index (χ3v) is 3.84. The van der Waals surface area contributed by atoms with Crippen LogP contribution in [0.3, 0.4) is 0 Å². The summed E-state index contributed by atoms with van der Waals surface area (Å²) >= 11 is 0. The van der Waals surface area contributed by atoms with Crippen LogP contribution in [0.1, 0.15) is 32.1 Å². The zero-order chi connectivity index (χ0) is 13.3. The summed E-state index contributed by atoms with van der Waals surface area (Å²) in [5.74, 6) is 0.799. The number of rotatable bonds is 7. The van der Waals surface area contributed by atoms with E-state index in [4.69, 9.17) is 9.47 Å². The second kappa shape index (κ2) is 8.51. The molecule has 2 aliphatic rings. The van der Waals surface area contributed by atoms with Crippen molar-refractivity contribution in [3.05, 3.63) is 0 Å². The molecule has 0 bridgehead atoms. The first-order valence-electron chi connectivity index (χ1n) is 7.53. The van der Waals surface area contributed by atoms with Gasteiger partial charge in [-0.25, -0.2) is 0 Å². The van der Waals surface area contributed by atoms with Crippen molar-refractivity contribution < 1.29 is 14.3 Å².